The zero-order chi connectivity index (χ0) is 16.7. The Morgan fingerprint density at radius 3 is 2.52 bits per heavy atom. The molecule has 0 spiro atoms. The molecule has 5 heteroatoms. The Bertz CT molecular complexity index is 644. The molecule has 2 rings (SSSR count). The lowest BCUT2D eigenvalue weighted by Gasteiger charge is -2.12. The number of hydrogen-bond acceptors (Lipinski definition) is 3. The van der Waals surface area contributed by atoms with Gasteiger partial charge in [0.2, 0.25) is 5.91 Å². The largest absolute Gasteiger partial charge is 0.489 e. The number of rotatable bonds is 7. The number of amides is 1. The molecule has 1 atom stereocenters. The maximum atomic E-state index is 11.4. The molecule has 0 unspecified atom stereocenters. The van der Waals surface area contributed by atoms with Crippen molar-refractivity contribution in [2.45, 2.75) is 26.1 Å². The number of nitrogens with one attached hydrogen (secondary N) is 2. The predicted octanol–water partition coefficient (Wildman–Crippen LogP) is 3.14. The van der Waals surface area contributed by atoms with E-state index in [0.29, 0.717) is 18.2 Å². The highest BCUT2D eigenvalue weighted by Crippen LogP contribution is 2.19. The number of benzene rings is 2. The van der Waals surface area contributed by atoms with Crippen molar-refractivity contribution in [2.24, 2.45) is 0 Å². The van der Waals surface area contributed by atoms with Crippen molar-refractivity contribution in [3.05, 3.63) is 64.7 Å². The Kier molecular flexibility index (Phi) is 6.44. The van der Waals surface area contributed by atoms with Gasteiger partial charge in [-0.3, -0.25) is 4.79 Å². The van der Waals surface area contributed by atoms with Gasteiger partial charge in [-0.15, -0.1) is 0 Å². The minimum atomic E-state index is -0.226. The molecule has 0 radical (unpaired) electrons. The Labute approximate surface area is 141 Å². The van der Waals surface area contributed by atoms with Gasteiger partial charge in [-0.1, -0.05) is 41.9 Å². The average molecular weight is 333 g/mol. The van der Waals surface area contributed by atoms with Crippen LogP contribution >= 0.6 is 11.6 Å². The SMILES string of the molecule is CNC(=O)[C@@H](C)NCc1ccc(OCc2ccccc2Cl)cc1. The van der Waals surface area contributed by atoms with Crippen LogP contribution in [-0.2, 0) is 17.9 Å². The van der Waals surface area contributed by atoms with Gasteiger partial charge in [-0.05, 0) is 30.7 Å². The molecule has 1 amide bonds. The number of carbonyl (C=O) groups excluding carboxylic acids is 1. The molecule has 122 valence electrons. The summed E-state index contributed by atoms with van der Waals surface area (Å²) in [4.78, 5) is 11.4. The molecule has 0 fully saturated rings. The summed E-state index contributed by atoms with van der Waals surface area (Å²) in [6.45, 7) is 2.89. The topological polar surface area (TPSA) is 50.4 Å². The van der Waals surface area contributed by atoms with Crippen LogP contribution in [0.1, 0.15) is 18.1 Å². The first-order valence-corrected chi connectivity index (χ1v) is 7.88. The van der Waals surface area contributed by atoms with Crippen LogP contribution in [0, 0.1) is 0 Å². The lowest BCUT2D eigenvalue weighted by Crippen LogP contribution is -2.40. The summed E-state index contributed by atoms with van der Waals surface area (Å²) in [5.74, 6) is 0.762. The van der Waals surface area contributed by atoms with Crippen molar-refractivity contribution >= 4 is 17.5 Å². The van der Waals surface area contributed by atoms with Gasteiger partial charge in [-0.2, -0.15) is 0 Å². The highest BCUT2D eigenvalue weighted by molar-refractivity contribution is 6.31. The van der Waals surface area contributed by atoms with E-state index in [4.69, 9.17) is 16.3 Å². The maximum absolute atomic E-state index is 11.4. The van der Waals surface area contributed by atoms with Crippen molar-refractivity contribution in [3.8, 4) is 5.75 Å². The first-order valence-electron chi connectivity index (χ1n) is 7.50. The first kappa shape index (κ1) is 17.3. The molecule has 0 heterocycles. The van der Waals surface area contributed by atoms with E-state index in [1.54, 1.807) is 7.05 Å². The molecule has 2 aromatic carbocycles. The minimum Gasteiger partial charge on any atom is -0.489 e. The summed E-state index contributed by atoms with van der Waals surface area (Å²) >= 11 is 6.10. The third-order valence-corrected chi connectivity index (χ3v) is 3.90. The van der Waals surface area contributed by atoms with Gasteiger partial charge >= 0.3 is 0 Å². The Morgan fingerprint density at radius 2 is 1.87 bits per heavy atom. The summed E-state index contributed by atoms with van der Waals surface area (Å²) in [6.07, 6.45) is 0. The summed E-state index contributed by atoms with van der Waals surface area (Å²) in [6, 6.07) is 15.2. The molecular formula is C18H21ClN2O2. The molecule has 0 aliphatic rings. The highest BCUT2D eigenvalue weighted by Gasteiger charge is 2.09. The molecule has 0 aliphatic carbocycles. The van der Waals surface area contributed by atoms with Crippen molar-refractivity contribution in [1.29, 1.82) is 0 Å². The number of hydrogen-bond donors (Lipinski definition) is 2. The van der Waals surface area contributed by atoms with Crippen molar-refractivity contribution in [1.82, 2.24) is 10.6 Å². The standard InChI is InChI=1S/C18H21ClN2O2/c1-13(18(22)20-2)21-11-14-7-9-16(10-8-14)23-12-15-5-3-4-6-17(15)19/h3-10,13,21H,11-12H2,1-2H3,(H,20,22)/t13-/m1/s1. The van der Waals surface area contributed by atoms with E-state index in [9.17, 15) is 4.79 Å². The third kappa shape index (κ3) is 5.27. The molecule has 0 bridgehead atoms. The van der Waals surface area contributed by atoms with Crippen LogP contribution < -0.4 is 15.4 Å². The van der Waals surface area contributed by atoms with Crippen LogP contribution in [-0.4, -0.2) is 19.0 Å². The van der Waals surface area contributed by atoms with Crippen LogP contribution in [0.4, 0.5) is 0 Å². The van der Waals surface area contributed by atoms with E-state index < -0.39 is 0 Å². The second-order valence-electron chi connectivity index (χ2n) is 5.24. The van der Waals surface area contributed by atoms with Crippen LogP contribution in [0.5, 0.6) is 5.75 Å². The van der Waals surface area contributed by atoms with Gasteiger partial charge in [0.05, 0.1) is 6.04 Å². The van der Waals surface area contributed by atoms with Gasteiger partial charge in [0.1, 0.15) is 12.4 Å². The highest BCUT2D eigenvalue weighted by atomic mass is 35.5. The second-order valence-corrected chi connectivity index (χ2v) is 5.65. The van der Waals surface area contributed by atoms with Crippen molar-refractivity contribution in [2.75, 3.05) is 7.05 Å². The van der Waals surface area contributed by atoms with E-state index in [-0.39, 0.29) is 11.9 Å². The molecule has 2 N–H and O–H groups in total. The van der Waals surface area contributed by atoms with Gasteiger partial charge in [-0.25, -0.2) is 0 Å². The predicted molar refractivity (Wildman–Crippen MR) is 92.6 cm³/mol. The first-order chi connectivity index (χ1) is 11.1. The molecule has 0 aliphatic heterocycles. The van der Waals surface area contributed by atoms with E-state index in [1.165, 1.54) is 0 Å². The average Bonchev–Trinajstić information content (AvgIpc) is 2.59. The van der Waals surface area contributed by atoms with E-state index in [1.807, 2.05) is 55.5 Å². The Morgan fingerprint density at radius 1 is 1.17 bits per heavy atom. The third-order valence-electron chi connectivity index (χ3n) is 3.53. The van der Waals surface area contributed by atoms with Crippen molar-refractivity contribution < 1.29 is 9.53 Å². The van der Waals surface area contributed by atoms with Crippen LogP contribution in [0.15, 0.2) is 48.5 Å². The Balaban J connectivity index is 1.85. The quantitative estimate of drug-likeness (QED) is 0.819. The number of ether oxygens (including phenoxy) is 1. The van der Waals surface area contributed by atoms with Crippen LogP contribution in [0.25, 0.3) is 0 Å². The minimum absolute atomic E-state index is 0.0234. The van der Waals surface area contributed by atoms with E-state index >= 15 is 0 Å². The second kappa shape index (κ2) is 8.56. The number of halogens is 1. The maximum Gasteiger partial charge on any atom is 0.236 e. The summed E-state index contributed by atoms with van der Waals surface area (Å²) in [5.41, 5.74) is 2.05. The lowest BCUT2D eigenvalue weighted by atomic mass is 10.2. The number of likely N-dealkylation sites (N-methyl/N-ethyl adjacent to an activating group) is 1. The molecule has 4 nitrogen and oxygen atoms in total. The van der Waals surface area contributed by atoms with Crippen LogP contribution in [0.3, 0.4) is 0 Å². The molecule has 0 aromatic heterocycles. The van der Waals surface area contributed by atoms with E-state index in [0.717, 1.165) is 16.9 Å². The molecule has 23 heavy (non-hydrogen) atoms. The number of carbonyl (C=O) groups is 1. The molecule has 2 aromatic rings. The van der Waals surface area contributed by atoms with Gasteiger partial charge < -0.3 is 15.4 Å². The summed E-state index contributed by atoms with van der Waals surface area (Å²) in [7, 11) is 1.63. The van der Waals surface area contributed by atoms with Crippen molar-refractivity contribution in [3.63, 3.8) is 0 Å². The smallest absolute Gasteiger partial charge is 0.236 e. The Hall–Kier alpha value is -2.04. The van der Waals surface area contributed by atoms with Gasteiger partial charge in [0.15, 0.2) is 0 Å². The molecule has 0 saturated carbocycles. The zero-order valence-electron chi connectivity index (χ0n) is 13.3. The normalized spacial score (nSPS) is 11.8. The fourth-order valence-electron chi connectivity index (χ4n) is 2.06. The van der Waals surface area contributed by atoms with Gasteiger partial charge in [0.25, 0.3) is 0 Å². The zero-order valence-corrected chi connectivity index (χ0v) is 14.1. The fraction of sp³-hybridized carbons (Fsp3) is 0.278. The lowest BCUT2D eigenvalue weighted by molar-refractivity contribution is -0.122. The summed E-state index contributed by atoms with van der Waals surface area (Å²) in [5, 5.41) is 6.48. The fourth-order valence-corrected chi connectivity index (χ4v) is 2.25. The molecular weight excluding hydrogens is 312 g/mol. The van der Waals surface area contributed by atoms with Gasteiger partial charge in [0, 0.05) is 24.2 Å². The van der Waals surface area contributed by atoms with E-state index in [2.05, 4.69) is 10.6 Å². The summed E-state index contributed by atoms with van der Waals surface area (Å²) < 4.78 is 5.74. The molecule has 0 saturated heterocycles. The van der Waals surface area contributed by atoms with Crippen LogP contribution in [0.2, 0.25) is 5.02 Å². The monoisotopic (exact) mass is 332 g/mol.